The third-order valence-electron chi connectivity index (χ3n) is 4.77. The van der Waals surface area contributed by atoms with Gasteiger partial charge in [0.05, 0.1) is 19.6 Å². The summed E-state index contributed by atoms with van der Waals surface area (Å²) >= 11 is 5.92. The molecule has 0 atom stereocenters. The number of hydrogen-bond acceptors (Lipinski definition) is 5. The van der Waals surface area contributed by atoms with E-state index in [0.29, 0.717) is 38.9 Å². The maximum atomic E-state index is 12.9. The standard InChI is InChI=1S/C24H18ClNO5/c1-29-20-4-3-5-21(30-2)23(20)24(28)26-16-10-11-19-17(12-16)18(27)13-22(31-19)14-6-8-15(25)9-7-14/h3-13H,1-2H3,(H,26,28). The summed E-state index contributed by atoms with van der Waals surface area (Å²) < 4.78 is 16.5. The Hall–Kier alpha value is -3.77. The predicted molar refractivity (Wildman–Crippen MR) is 120 cm³/mol. The van der Waals surface area contributed by atoms with Crippen LogP contribution < -0.4 is 20.2 Å². The van der Waals surface area contributed by atoms with Gasteiger partial charge in [0, 0.05) is 22.3 Å². The lowest BCUT2D eigenvalue weighted by Gasteiger charge is -2.13. The van der Waals surface area contributed by atoms with Crippen LogP contribution in [0.4, 0.5) is 5.69 Å². The van der Waals surface area contributed by atoms with Gasteiger partial charge in [-0.25, -0.2) is 0 Å². The molecule has 31 heavy (non-hydrogen) atoms. The molecule has 0 fully saturated rings. The second-order valence-electron chi connectivity index (χ2n) is 6.68. The molecule has 0 unspecified atom stereocenters. The molecule has 1 heterocycles. The number of methoxy groups -OCH3 is 2. The number of anilines is 1. The largest absolute Gasteiger partial charge is 0.496 e. The van der Waals surface area contributed by atoms with Crippen LogP contribution in [0, 0.1) is 0 Å². The van der Waals surface area contributed by atoms with Crippen molar-refractivity contribution in [3.8, 4) is 22.8 Å². The number of amides is 1. The quantitative estimate of drug-likeness (QED) is 0.455. The molecule has 1 aromatic heterocycles. The first-order chi connectivity index (χ1) is 15.0. The highest BCUT2D eigenvalue weighted by atomic mass is 35.5. The Kier molecular flexibility index (Phi) is 5.64. The van der Waals surface area contributed by atoms with E-state index >= 15 is 0 Å². The second kappa shape index (κ2) is 8.53. The smallest absolute Gasteiger partial charge is 0.263 e. The Morgan fingerprint density at radius 3 is 2.26 bits per heavy atom. The van der Waals surface area contributed by atoms with E-state index in [2.05, 4.69) is 5.32 Å². The van der Waals surface area contributed by atoms with Gasteiger partial charge in [-0.1, -0.05) is 17.7 Å². The Labute approximate surface area is 183 Å². The first-order valence-electron chi connectivity index (χ1n) is 9.36. The van der Waals surface area contributed by atoms with E-state index in [1.54, 1.807) is 60.7 Å². The number of ether oxygens (including phenoxy) is 2. The van der Waals surface area contributed by atoms with Crippen LogP contribution in [0.5, 0.6) is 11.5 Å². The van der Waals surface area contributed by atoms with Crippen LogP contribution >= 0.6 is 11.6 Å². The average molecular weight is 436 g/mol. The Bertz CT molecular complexity index is 1310. The predicted octanol–water partition coefficient (Wildman–Crippen LogP) is 5.38. The lowest BCUT2D eigenvalue weighted by Crippen LogP contribution is -2.15. The zero-order valence-electron chi connectivity index (χ0n) is 16.8. The van der Waals surface area contributed by atoms with E-state index in [9.17, 15) is 9.59 Å². The molecule has 0 spiro atoms. The molecule has 0 saturated heterocycles. The fourth-order valence-corrected chi connectivity index (χ4v) is 3.39. The van der Waals surface area contributed by atoms with Crippen LogP contribution in [0.15, 0.2) is 75.9 Å². The highest BCUT2D eigenvalue weighted by Gasteiger charge is 2.19. The number of benzene rings is 3. The summed E-state index contributed by atoms with van der Waals surface area (Å²) in [7, 11) is 2.95. The van der Waals surface area contributed by atoms with Crippen LogP contribution in [-0.4, -0.2) is 20.1 Å². The number of halogens is 1. The number of rotatable bonds is 5. The van der Waals surface area contributed by atoms with Crippen LogP contribution in [-0.2, 0) is 0 Å². The van der Waals surface area contributed by atoms with Gasteiger partial charge in [0.2, 0.25) is 0 Å². The Morgan fingerprint density at radius 2 is 1.61 bits per heavy atom. The fourth-order valence-electron chi connectivity index (χ4n) is 3.26. The number of nitrogens with one attached hydrogen (secondary N) is 1. The van der Waals surface area contributed by atoms with Gasteiger partial charge < -0.3 is 19.2 Å². The van der Waals surface area contributed by atoms with Gasteiger partial charge >= 0.3 is 0 Å². The van der Waals surface area contributed by atoms with E-state index in [1.165, 1.54) is 20.3 Å². The second-order valence-corrected chi connectivity index (χ2v) is 7.12. The van der Waals surface area contributed by atoms with Crippen molar-refractivity contribution in [1.29, 1.82) is 0 Å². The van der Waals surface area contributed by atoms with Crippen molar-refractivity contribution in [2.24, 2.45) is 0 Å². The van der Waals surface area contributed by atoms with Crippen LogP contribution in [0.2, 0.25) is 5.02 Å². The van der Waals surface area contributed by atoms with Crippen molar-refractivity contribution in [2.45, 2.75) is 0 Å². The summed E-state index contributed by atoms with van der Waals surface area (Å²) in [6.07, 6.45) is 0. The molecule has 0 radical (unpaired) electrons. The van der Waals surface area contributed by atoms with Gasteiger partial charge in [-0.2, -0.15) is 0 Å². The summed E-state index contributed by atoms with van der Waals surface area (Å²) in [4.78, 5) is 25.6. The molecule has 0 aliphatic heterocycles. The maximum absolute atomic E-state index is 12.9. The number of carbonyl (C=O) groups excluding carboxylic acids is 1. The fraction of sp³-hybridized carbons (Fsp3) is 0.0833. The number of carbonyl (C=O) groups is 1. The van der Waals surface area contributed by atoms with Crippen LogP contribution in [0.1, 0.15) is 10.4 Å². The lowest BCUT2D eigenvalue weighted by atomic mass is 10.1. The van der Waals surface area contributed by atoms with E-state index in [-0.39, 0.29) is 11.0 Å². The van der Waals surface area contributed by atoms with Gasteiger partial charge in [0.15, 0.2) is 5.43 Å². The molecule has 0 saturated carbocycles. The van der Waals surface area contributed by atoms with Crippen molar-refractivity contribution in [3.05, 3.63) is 87.5 Å². The van der Waals surface area contributed by atoms with Crippen molar-refractivity contribution in [2.75, 3.05) is 19.5 Å². The monoisotopic (exact) mass is 435 g/mol. The zero-order valence-corrected chi connectivity index (χ0v) is 17.5. The van der Waals surface area contributed by atoms with Gasteiger partial charge in [0.25, 0.3) is 5.91 Å². The summed E-state index contributed by atoms with van der Waals surface area (Å²) in [6, 6.07) is 18.4. The van der Waals surface area contributed by atoms with Crippen molar-refractivity contribution in [3.63, 3.8) is 0 Å². The molecule has 4 rings (SSSR count). The molecule has 0 bridgehead atoms. The number of hydrogen-bond donors (Lipinski definition) is 1. The summed E-state index contributed by atoms with van der Waals surface area (Å²) in [6.45, 7) is 0. The van der Waals surface area contributed by atoms with Crippen molar-refractivity contribution >= 4 is 34.2 Å². The molecule has 1 amide bonds. The van der Waals surface area contributed by atoms with E-state index < -0.39 is 5.91 Å². The van der Waals surface area contributed by atoms with Crippen LogP contribution in [0.3, 0.4) is 0 Å². The average Bonchev–Trinajstić information content (AvgIpc) is 2.79. The van der Waals surface area contributed by atoms with Gasteiger partial charge in [0.1, 0.15) is 28.4 Å². The molecule has 4 aromatic rings. The van der Waals surface area contributed by atoms with Gasteiger partial charge in [-0.3, -0.25) is 9.59 Å². The van der Waals surface area contributed by atoms with E-state index in [1.807, 2.05) is 0 Å². The van der Waals surface area contributed by atoms with E-state index in [0.717, 1.165) is 5.56 Å². The Morgan fingerprint density at radius 1 is 0.935 bits per heavy atom. The highest BCUT2D eigenvalue weighted by Crippen LogP contribution is 2.30. The normalized spacial score (nSPS) is 10.7. The van der Waals surface area contributed by atoms with Crippen molar-refractivity contribution in [1.82, 2.24) is 0 Å². The van der Waals surface area contributed by atoms with Crippen LogP contribution in [0.25, 0.3) is 22.3 Å². The lowest BCUT2D eigenvalue weighted by molar-refractivity contribution is 0.102. The third kappa shape index (κ3) is 4.11. The zero-order chi connectivity index (χ0) is 22.0. The summed E-state index contributed by atoms with van der Waals surface area (Å²) in [5.41, 5.74) is 1.63. The topological polar surface area (TPSA) is 77.8 Å². The molecule has 0 aliphatic carbocycles. The first-order valence-corrected chi connectivity index (χ1v) is 9.74. The molecule has 3 aromatic carbocycles. The highest BCUT2D eigenvalue weighted by molar-refractivity contribution is 6.30. The van der Waals surface area contributed by atoms with Gasteiger partial charge in [-0.15, -0.1) is 0 Å². The molecular weight excluding hydrogens is 418 g/mol. The molecular formula is C24H18ClNO5. The number of fused-ring (bicyclic) bond motifs is 1. The molecule has 6 nitrogen and oxygen atoms in total. The molecule has 1 N–H and O–H groups in total. The minimum absolute atomic E-state index is 0.225. The molecule has 7 heteroatoms. The minimum atomic E-state index is -0.421. The van der Waals surface area contributed by atoms with Crippen molar-refractivity contribution < 1.29 is 18.7 Å². The first kappa shape index (κ1) is 20.5. The molecule has 0 aliphatic rings. The SMILES string of the molecule is COc1cccc(OC)c1C(=O)Nc1ccc2oc(-c3ccc(Cl)cc3)cc(=O)c2c1. The third-order valence-corrected chi connectivity index (χ3v) is 5.02. The van der Waals surface area contributed by atoms with E-state index in [4.69, 9.17) is 25.5 Å². The minimum Gasteiger partial charge on any atom is -0.496 e. The molecule has 156 valence electrons. The Balaban J connectivity index is 1.68. The summed E-state index contributed by atoms with van der Waals surface area (Å²) in [5.74, 6) is 0.773. The summed E-state index contributed by atoms with van der Waals surface area (Å²) in [5, 5.41) is 3.73. The van der Waals surface area contributed by atoms with Gasteiger partial charge in [-0.05, 0) is 54.6 Å². The maximum Gasteiger partial charge on any atom is 0.263 e.